The van der Waals surface area contributed by atoms with E-state index in [0.717, 1.165) is 17.9 Å². The molecule has 0 saturated carbocycles. The fourth-order valence-electron chi connectivity index (χ4n) is 3.05. The van der Waals surface area contributed by atoms with Gasteiger partial charge in [0, 0.05) is 19.1 Å². The van der Waals surface area contributed by atoms with Crippen LogP contribution in [0.3, 0.4) is 0 Å². The molecule has 1 aromatic rings. The molecule has 2 fully saturated rings. The Bertz CT molecular complexity index is 517. The summed E-state index contributed by atoms with van der Waals surface area (Å²) in [7, 11) is 0. The Hall–Kier alpha value is -1.69. The molecule has 20 heavy (non-hydrogen) atoms. The molecule has 3 heterocycles. The van der Waals surface area contributed by atoms with E-state index in [1.165, 1.54) is 0 Å². The molecule has 1 aromatic heterocycles. The van der Waals surface area contributed by atoms with Crippen molar-refractivity contribution in [1.82, 2.24) is 10.2 Å². The Morgan fingerprint density at radius 3 is 2.85 bits per heavy atom. The number of carboxylic acids is 1. The topological polar surface area (TPSA) is 75.5 Å². The van der Waals surface area contributed by atoms with Crippen LogP contribution in [-0.4, -0.2) is 46.6 Å². The number of aliphatic carboxylic acids is 1. The van der Waals surface area contributed by atoms with E-state index in [1.807, 2.05) is 17.0 Å². The maximum absolute atomic E-state index is 11.5. The first-order valence-electron chi connectivity index (χ1n) is 6.99. The number of carbonyl (C=O) groups is 1. The van der Waals surface area contributed by atoms with Crippen molar-refractivity contribution >= 4 is 11.8 Å². The van der Waals surface area contributed by atoms with Gasteiger partial charge in [0.05, 0.1) is 12.2 Å². The first kappa shape index (κ1) is 13.3. The second-order valence-electron chi connectivity index (χ2n) is 5.88. The Balaban J connectivity index is 1.81. The van der Waals surface area contributed by atoms with Crippen molar-refractivity contribution in [2.75, 3.05) is 24.6 Å². The smallest absolute Gasteiger partial charge is 0.338 e. The molecule has 2 saturated heterocycles. The number of anilines is 1. The van der Waals surface area contributed by atoms with Gasteiger partial charge in [0.25, 0.3) is 0 Å². The van der Waals surface area contributed by atoms with Crippen molar-refractivity contribution < 1.29 is 14.6 Å². The van der Waals surface area contributed by atoms with E-state index >= 15 is 0 Å². The van der Waals surface area contributed by atoms with Gasteiger partial charge in [-0.15, -0.1) is 5.10 Å². The van der Waals surface area contributed by atoms with E-state index in [4.69, 9.17) is 4.74 Å². The number of rotatable bonds is 3. The van der Waals surface area contributed by atoms with Crippen molar-refractivity contribution in [2.45, 2.75) is 31.8 Å². The van der Waals surface area contributed by atoms with Crippen LogP contribution in [0.25, 0.3) is 0 Å². The summed E-state index contributed by atoms with van der Waals surface area (Å²) in [6.45, 7) is 5.68. The van der Waals surface area contributed by atoms with E-state index in [9.17, 15) is 9.90 Å². The van der Waals surface area contributed by atoms with E-state index < -0.39 is 11.6 Å². The zero-order valence-corrected chi connectivity index (χ0v) is 11.7. The molecule has 0 radical (unpaired) electrons. The number of carboxylic acid groups (broad SMARTS) is 1. The van der Waals surface area contributed by atoms with E-state index in [1.54, 1.807) is 0 Å². The lowest BCUT2D eigenvalue weighted by molar-refractivity contribution is -0.160. The minimum Gasteiger partial charge on any atom is -0.479 e. The summed E-state index contributed by atoms with van der Waals surface area (Å²) in [5.74, 6) is 0.233. The summed E-state index contributed by atoms with van der Waals surface area (Å²) in [4.78, 5) is 13.5. The summed E-state index contributed by atoms with van der Waals surface area (Å²) in [6.07, 6.45) is 0.792. The Kier molecular flexibility index (Phi) is 3.12. The van der Waals surface area contributed by atoms with E-state index in [0.29, 0.717) is 25.6 Å². The summed E-state index contributed by atoms with van der Waals surface area (Å²) in [6, 6.07) is 3.87. The molecule has 2 aliphatic rings. The van der Waals surface area contributed by atoms with Crippen LogP contribution in [0.4, 0.5) is 5.82 Å². The number of fused-ring (bicyclic) bond motifs is 1. The summed E-state index contributed by atoms with van der Waals surface area (Å²) in [5.41, 5.74) is -0.115. The van der Waals surface area contributed by atoms with Crippen LogP contribution < -0.4 is 4.90 Å². The minimum absolute atomic E-state index is 0.0339. The van der Waals surface area contributed by atoms with Crippen LogP contribution in [0.1, 0.15) is 31.9 Å². The third kappa shape index (κ3) is 1.95. The molecule has 1 N–H and O–H groups in total. The highest BCUT2D eigenvalue weighted by atomic mass is 16.5. The molecule has 108 valence electrons. The molecule has 2 atom stereocenters. The highest BCUT2D eigenvalue weighted by Crippen LogP contribution is 2.40. The number of hydrogen-bond acceptors (Lipinski definition) is 5. The van der Waals surface area contributed by atoms with Crippen molar-refractivity contribution in [3.05, 3.63) is 17.8 Å². The second-order valence-corrected chi connectivity index (χ2v) is 5.88. The largest absolute Gasteiger partial charge is 0.479 e. The van der Waals surface area contributed by atoms with Crippen LogP contribution in [0.15, 0.2) is 12.1 Å². The molecule has 0 amide bonds. The fraction of sp³-hybridized carbons (Fsp3) is 0.643. The third-order valence-electron chi connectivity index (χ3n) is 4.30. The SMILES string of the molecule is CC(C)c1ccc(N2C[C@@H]3CCO[C@]3(C(=O)O)C2)nn1. The first-order chi connectivity index (χ1) is 9.53. The summed E-state index contributed by atoms with van der Waals surface area (Å²) in [5, 5.41) is 17.9. The van der Waals surface area contributed by atoms with Gasteiger partial charge in [0.1, 0.15) is 0 Å². The van der Waals surface area contributed by atoms with Crippen LogP contribution in [0, 0.1) is 5.92 Å². The molecule has 0 bridgehead atoms. The summed E-state index contributed by atoms with van der Waals surface area (Å²) < 4.78 is 5.55. The zero-order chi connectivity index (χ0) is 14.3. The lowest BCUT2D eigenvalue weighted by Gasteiger charge is -2.23. The van der Waals surface area contributed by atoms with Gasteiger partial charge in [-0.2, -0.15) is 5.10 Å². The van der Waals surface area contributed by atoms with Crippen LogP contribution in [0.5, 0.6) is 0 Å². The Labute approximate surface area is 117 Å². The maximum atomic E-state index is 11.5. The van der Waals surface area contributed by atoms with E-state index in [-0.39, 0.29) is 5.92 Å². The van der Waals surface area contributed by atoms with Gasteiger partial charge in [-0.3, -0.25) is 0 Å². The van der Waals surface area contributed by atoms with Gasteiger partial charge in [0.15, 0.2) is 11.4 Å². The Morgan fingerprint density at radius 1 is 1.50 bits per heavy atom. The third-order valence-corrected chi connectivity index (χ3v) is 4.30. The molecule has 0 aromatic carbocycles. The molecule has 2 aliphatic heterocycles. The van der Waals surface area contributed by atoms with Gasteiger partial charge < -0.3 is 14.7 Å². The lowest BCUT2D eigenvalue weighted by atomic mass is 9.91. The molecule has 6 heteroatoms. The van der Waals surface area contributed by atoms with Crippen molar-refractivity contribution in [3.8, 4) is 0 Å². The average molecular weight is 277 g/mol. The van der Waals surface area contributed by atoms with Crippen molar-refractivity contribution in [1.29, 1.82) is 0 Å². The lowest BCUT2D eigenvalue weighted by Crippen LogP contribution is -2.45. The Morgan fingerprint density at radius 2 is 2.30 bits per heavy atom. The molecule has 6 nitrogen and oxygen atoms in total. The van der Waals surface area contributed by atoms with Crippen molar-refractivity contribution in [2.24, 2.45) is 5.92 Å². The molecular weight excluding hydrogens is 258 g/mol. The average Bonchev–Trinajstić information content (AvgIpc) is 2.96. The summed E-state index contributed by atoms with van der Waals surface area (Å²) >= 11 is 0. The molecule has 0 spiro atoms. The second kappa shape index (κ2) is 4.70. The number of ether oxygens (including phenoxy) is 1. The standard InChI is InChI=1S/C14H19N3O3/c1-9(2)11-3-4-12(16-15-11)17-7-10-5-6-20-14(10,8-17)13(18)19/h3-4,9-10H,5-8H2,1-2H3,(H,18,19)/t10-,14+/m0/s1. The monoisotopic (exact) mass is 277 g/mol. The molecule has 3 rings (SSSR count). The molecular formula is C14H19N3O3. The van der Waals surface area contributed by atoms with Gasteiger partial charge in [-0.25, -0.2) is 4.79 Å². The van der Waals surface area contributed by atoms with Gasteiger partial charge in [-0.05, 0) is 24.5 Å². The molecule has 0 aliphatic carbocycles. The quantitative estimate of drug-likeness (QED) is 0.897. The van der Waals surface area contributed by atoms with Crippen LogP contribution in [-0.2, 0) is 9.53 Å². The fourth-order valence-corrected chi connectivity index (χ4v) is 3.05. The minimum atomic E-state index is -1.06. The van der Waals surface area contributed by atoms with E-state index in [2.05, 4.69) is 24.0 Å². The molecule has 0 unspecified atom stereocenters. The normalized spacial score (nSPS) is 28.9. The first-order valence-corrected chi connectivity index (χ1v) is 6.99. The van der Waals surface area contributed by atoms with Crippen LogP contribution in [0.2, 0.25) is 0 Å². The highest BCUT2D eigenvalue weighted by Gasteiger charge is 2.57. The zero-order valence-electron chi connectivity index (χ0n) is 11.7. The van der Waals surface area contributed by atoms with Gasteiger partial charge in [-0.1, -0.05) is 13.8 Å². The van der Waals surface area contributed by atoms with Crippen molar-refractivity contribution in [3.63, 3.8) is 0 Å². The number of aromatic nitrogens is 2. The van der Waals surface area contributed by atoms with Crippen LogP contribution >= 0.6 is 0 Å². The predicted octanol–water partition coefficient (Wildman–Crippen LogP) is 1.28. The van der Waals surface area contributed by atoms with Gasteiger partial charge in [0.2, 0.25) is 0 Å². The van der Waals surface area contributed by atoms with Gasteiger partial charge >= 0.3 is 5.97 Å². The predicted molar refractivity (Wildman–Crippen MR) is 72.8 cm³/mol. The highest BCUT2D eigenvalue weighted by molar-refractivity contribution is 5.80. The maximum Gasteiger partial charge on any atom is 0.338 e. The number of nitrogens with zero attached hydrogens (tertiary/aromatic N) is 3. The number of hydrogen-bond donors (Lipinski definition) is 1.